The molecule has 0 unspecified atom stereocenters. The van der Waals surface area contributed by atoms with E-state index in [2.05, 4.69) is 9.97 Å². The molecule has 102 valence electrons. The van der Waals surface area contributed by atoms with Gasteiger partial charge in [0.15, 0.2) is 0 Å². The lowest BCUT2D eigenvalue weighted by atomic mass is 10.1. The molecule has 0 amide bonds. The maximum absolute atomic E-state index is 12.2. The summed E-state index contributed by atoms with van der Waals surface area (Å²) in [6.07, 6.45) is 0. The van der Waals surface area contributed by atoms with Crippen molar-refractivity contribution >= 4 is 33.4 Å². The zero-order valence-electron chi connectivity index (χ0n) is 11.1. The van der Waals surface area contributed by atoms with Crippen molar-refractivity contribution in [3.63, 3.8) is 0 Å². The average Bonchev–Trinajstić information content (AvgIpc) is 2.41. The van der Waals surface area contributed by atoms with Crippen LogP contribution in [0, 0.1) is 6.92 Å². The highest BCUT2D eigenvalue weighted by atomic mass is 35.5. The first-order valence-corrected chi connectivity index (χ1v) is 6.31. The van der Waals surface area contributed by atoms with E-state index in [0.29, 0.717) is 32.8 Å². The Morgan fingerprint density at radius 3 is 2.45 bits per heavy atom. The van der Waals surface area contributed by atoms with Gasteiger partial charge in [0.2, 0.25) is 0 Å². The molecule has 0 radical (unpaired) electrons. The lowest BCUT2D eigenvalue weighted by molar-refractivity contribution is 0.714. The molecule has 0 aliphatic rings. The first-order valence-electron chi connectivity index (χ1n) is 5.94. The number of nitrogens with zero attached hydrogens (tertiary/aromatic N) is 4. The highest BCUT2D eigenvalue weighted by molar-refractivity contribution is 6.34. The molecule has 0 bridgehead atoms. The molecule has 2 aromatic heterocycles. The molecule has 6 nitrogen and oxygen atoms in total. The quantitative estimate of drug-likeness (QED) is 0.460. The number of hydrogen-bond donors (Lipinski definition) is 0. The molecule has 0 saturated carbocycles. The number of aryl methyl sites for hydroxylation is 2. The van der Waals surface area contributed by atoms with Gasteiger partial charge in [-0.3, -0.25) is 13.9 Å². The van der Waals surface area contributed by atoms with Crippen LogP contribution in [0.4, 0.5) is 0 Å². The van der Waals surface area contributed by atoms with Gasteiger partial charge in [-0.2, -0.15) is 0 Å². The van der Waals surface area contributed by atoms with Gasteiger partial charge in [-0.05, 0) is 19.1 Å². The molecule has 0 fully saturated rings. The second-order valence-electron chi connectivity index (χ2n) is 4.65. The van der Waals surface area contributed by atoms with Crippen LogP contribution >= 0.6 is 11.6 Å². The van der Waals surface area contributed by atoms with E-state index in [0.717, 1.165) is 4.57 Å². The third-order valence-electron chi connectivity index (χ3n) is 3.35. The van der Waals surface area contributed by atoms with E-state index in [1.165, 1.54) is 11.6 Å². The third-order valence-corrected chi connectivity index (χ3v) is 3.64. The number of hydrogen-bond acceptors (Lipinski definition) is 4. The van der Waals surface area contributed by atoms with Crippen molar-refractivity contribution in [2.75, 3.05) is 0 Å². The van der Waals surface area contributed by atoms with Crippen LogP contribution in [0.3, 0.4) is 0 Å². The monoisotopic (exact) mass is 290 g/mol. The fraction of sp³-hybridized carbons (Fsp3) is 0.231. The van der Waals surface area contributed by atoms with E-state index in [9.17, 15) is 9.59 Å². The van der Waals surface area contributed by atoms with Crippen LogP contribution < -0.4 is 11.2 Å². The van der Waals surface area contributed by atoms with E-state index < -0.39 is 0 Å². The van der Waals surface area contributed by atoms with Gasteiger partial charge >= 0.3 is 5.69 Å². The van der Waals surface area contributed by atoms with Gasteiger partial charge in [-0.15, -0.1) is 0 Å². The summed E-state index contributed by atoms with van der Waals surface area (Å²) in [5, 5.41) is 1.35. The summed E-state index contributed by atoms with van der Waals surface area (Å²) >= 11 is 6.10. The van der Waals surface area contributed by atoms with Crippen molar-refractivity contribution in [1.29, 1.82) is 0 Å². The Kier molecular flexibility index (Phi) is 2.65. The average molecular weight is 291 g/mol. The minimum atomic E-state index is -0.383. The van der Waals surface area contributed by atoms with Gasteiger partial charge in [0.1, 0.15) is 11.0 Å². The topological polar surface area (TPSA) is 69.8 Å². The maximum atomic E-state index is 12.2. The lowest BCUT2D eigenvalue weighted by Crippen LogP contribution is -2.36. The highest BCUT2D eigenvalue weighted by Gasteiger charge is 2.12. The third kappa shape index (κ3) is 1.65. The molecule has 3 aromatic rings. The molecule has 7 heteroatoms. The van der Waals surface area contributed by atoms with Gasteiger partial charge in [0, 0.05) is 19.5 Å². The van der Waals surface area contributed by atoms with Crippen molar-refractivity contribution in [3.05, 3.63) is 43.9 Å². The number of aromatic nitrogens is 4. The standard InChI is InChI=1S/C13H11ClN4O2/c1-6-15-9-4-8-10(5-7(9)11(14)16-6)17(2)13(20)18(3)12(8)19/h4-5H,1-3H3. The minimum Gasteiger partial charge on any atom is -0.296 e. The Morgan fingerprint density at radius 1 is 1.05 bits per heavy atom. The zero-order chi connectivity index (χ0) is 14.6. The van der Waals surface area contributed by atoms with Gasteiger partial charge in [0.05, 0.1) is 16.4 Å². The smallest absolute Gasteiger partial charge is 0.296 e. The Labute approximate surface area is 118 Å². The van der Waals surface area contributed by atoms with Crippen LogP contribution in [0.25, 0.3) is 21.8 Å². The molecule has 0 aliphatic carbocycles. The van der Waals surface area contributed by atoms with Crippen molar-refractivity contribution in [2.24, 2.45) is 14.1 Å². The van der Waals surface area contributed by atoms with Crippen molar-refractivity contribution in [1.82, 2.24) is 19.1 Å². The molecule has 0 atom stereocenters. The number of benzene rings is 1. The van der Waals surface area contributed by atoms with Crippen LogP contribution in [-0.4, -0.2) is 19.1 Å². The highest BCUT2D eigenvalue weighted by Crippen LogP contribution is 2.23. The predicted octanol–water partition coefficient (Wildman–Crippen LogP) is 1.14. The summed E-state index contributed by atoms with van der Waals surface area (Å²) in [5.41, 5.74) is 0.370. The fourth-order valence-corrected chi connectivity index (χ4v) is 2.55. The minimum absolute atomic E-state index is 0.308. The lowest BCUT2D eigenvalue weighted by Gasteiger charge is -2.09. The fourth-order valence-electron chi connectivity index (χ4n) is 2.28. The summed E-state index contributed by atoms with van der Waals surface area (Å²) in [7, 11) is 3.06. The molecular weight excluding hydrogens is 280 g/mol. The van der Waals surface area contributed by atoms with Crippen LogP contribution in [0.2, 0.25) is 5.15 Å². The number of rotatable bonds is 0. The summed E-state index contributed by atoms with van der Waals surface area (Å²) in [6, 6.07) is 3.32. The van der Waals surface area contributed by atoms with Gasteiger partial charge in [-0.25, -0.2) is 14.8 Å². The summed E-state index contributed by atoms with van der Waals surface area (Å²) in [6.45, 7) is 1.73. The number of halogens is 1. The van der Waals surface area contributed by atoms with E-state index in [1.807, 2.05) is 0 Å². The van der Waals surface area contributed by atoms with Gasteiger partial charge in [-0.1, -0.05) is 11.6 Å². The molecular formula is C13H11ClN4O2. The van der Waals surface area contributed by atoms with Crippen LogP contribution in [0.5, 0.6) is 0 Å². The Bertz CT molecular complexity index is 988. The molecule has 0 saturated heterocycles. The first-order chi connectivity index (χ1) is 9.40. The Morgan fingerprint density at radius 2 is 1.75 bits per heavy atom. The maximum Gasteiger partial charge on any atom is 0.330 e. The first kappa shape index (κ1) is 12.8. The van der Waals surface area contributed by atoms with Crippen LogP contribution in [0.1, 0.15) is 5.82 Å². The van der Waals surface area contributed by atoms with Crippen LogP contribution in [0.15, 0.2) is 21.7 Å². The largest absolute Gasteiger partial charge is 0.330 e. The predicted molar refractivity (Wildman–Crippen MR) is 77.3 cm³/mol. The molecule has 3 rings (SSSR count). The Hall–Kier alpha value is -2.21. The van der Waals surface area contributed by atoms with Gasteiger partial charge in [0.25, 0.3) is 5.56 Å². The molecule has 2 heterocycles. The SMILES string of the molecule is Cc1nc(Cl)c2cc3c(cc2n1)c(=O)n(C)c(=O)n3C. The van der Waals surface area contributed by atoms with E-state index in [4.69, 9.17) is 11.6 Å². The molecule has 0 spiro atoms. The summed E-state index contributed by atoms with van der Waals surface area (Å²) in [4.78, 5) is 32.5. The van der Waals surface area contributed by atoms with E-state index in [1.54, 1.807) is 26.1 Å². The van der Waals surface area contributed by atoms with E-state index >= 15 is 0 Å². The number of fused-ring (bicyclic) bond motifs is 2. The Balaban J connectivity index is 2.65. The second-order valence-corrected chi connectivity index (χ2v) is 5.01. The van der Waals surface area contributed by atoms with Crippen molar-refractivity contribution in [3.8, 4) is 0 Å². The normalized spacial score (nSPS) is 11.4. The molecule has 1 aromatic carbocycles. The van der Waals surface area contributed by atoms with E-state index in [-0.39, 0.29) is 11.2 Å². The molecule has 0 aliphatic heterocycles. The molecule has 20 heavy (non-hydrogen) atoms. The van der Waals surface area contributed by atoms with Gasteiger partial charge < -0.3 is 0 Å². The summed E-state index contributed by atoms with van der Waals surface area (Å²) < 4.78 is 2.48. The van der Waals surface area contributed by atoms with Crippen molar-refractivity contribution in [2.45, 2.75) is 6.92 Å². The van der Waals surface area contributed by atoms with Crippen molar-refractivity contribution < 1.29 is 0 Å². The molecule has 0 N–H and O–H groups in total. The second kappa shape index (κ2) is 4.14. The summed E-state index contributed by atoms with van der Waals surface area (Å²) in [5.74, 6) is 0.531. The van der Waals surface area contributed by atoms with Crippen LogP contribution in [-0.2, 0) is 14.1 Å². The zero-order valence-corrected chi connectivity index (χ0v) is 11.9.